The van der Waals surface area contributed by atoms with Crippen molar-refractivity contribution in [3.63, 3.8) is 0 Å². The summed E-state index contributed by atoms with van der Waals surface area (Å²) >= 11 is 0. The summed E-state index contributed by atoms with van der Waals surface area (Å²) in [5.74, 6) is -0.0257. The summed E-state index contributed by atoms with van der Waals surface area (Å²) in [6, 6.07) is 7.25. The maximum atomic E-state index is 12.6. The molecule has 3 amide bonds. The Morgan fingerprint density at radius 1 is 1.33 bits per heavy atom. The molecule has 0 radical (unpaired) electrons. The van der Waals surface area contributed by atoms with Gasteiger partial charge in [0.2, 0.25) is 5.91 Å². The van der Waals surface area contributed by atoms with Gasteiger partial charge in [0.05, 0.1) is 0 Å². The number of benzene rings is 1. The quantitative estimate of drug-likeness (QED) is 0.927. The standard InChI is InChI=1S/C16H23N3O2/c1-4-9-17-16(21)18-10-11-19(15(20)13(18)3)14-8-6-5-7-12(14)2/h5-8,13H,4,9-11H2,1-3H3,(H,17,21). The third kappa shape index (κ3) is 3.17. The van der Waals surface area contributed by atoms with Crippen LogP contribution in [0.1, 0.15) is 25.8 Å². The van der Waals surface area contributed by atoms with Crippen molar-refractivity contribution >= 4 is 17.6 Å². The molecule has 1 aromatic carbocycles. The van der Waals surface area contributed by atoms with E-state index < -0.39 is 6.04 Å². The first-order chi connectivity index (χ1) is 10.1. The molecule has 21 heavy (non-hydrogen) atoms. The zero-order valence-corrected chi connectivity index (χ0v) is 12.9. The Kier molecular flexibility index (Phi) is 4.83. The lowest BCUT2D eigenvalue weighted by Crippen LogP contribution is -2.60. The number of piperazine rings is 1. The van der Waals surface area contributed by atoms with E-state index in [2.05, 4.69) is 5.32 Å². The zero-order chi connectivity index (χ0) is 15.4. The van der Waals surface area contributed by atoms with E-state index in [9.17, 15) is 9.59 Å². The van der Waals surface area contributed by atoms with Gasteiger partial charge in [-0.2, -0.15) is 0 Å². The Labute approximate surface area is 125 Å². The Hall–Kier alpha value is -2.04. The van der Waals surface area contributed by atoms with Gasteiger partial charge in [0, 0.05) is 25.3 Å². The van der Waals surface area contributed by atoms with Crippen LogP contribution in [-0.2, 0) is 4.79 Å². The zero-order valence-electron chi connectivity index (χ0n) is 12.9. The maximum absolute atomic E-state index is 12.6. The first-order valence-electron chi connectivity index (χ1n) is 7.47. The van der Waals surface area contributed by atoms with Crippen molar-refractivity contribution < 1.29 is 9.59 Å². The molecule has 1 unspecified atom stereocenters. The predicted molar refractivity (Wildman–Crippen MR) is 83.4 cm³/mol. The fourth-order valence-corrected chi connectivity index (χ4v) is 2.59. The summed E-state index contributed by atoms with van der Waals surface area (Å²) < 4.78 is 0. The number of nitrogens with zero attached hydrogens (tertiary/aromatic N) is 2. The highest BCUT2D eigenvalue weighted by atomic mass is 16.2. The average Bonchev–Trinajstić information content (AvgIpc) is 2.48. The number of anilines is 1. The summed E-state index contributed by atoms with van der Waals surface area (Å²) in [6.45, 7) is 7.51. The van der Waals surface area contributed by atoms with Gasteiger partial charge in [-0.1, -0.05) is 25.1 Å². The second-order valence-corrected chi connectivity index (χ2v) is 5.38. The van der Waals surface area contributed by atoms with Crippen molar-refractivity contribution in [1.82, 2.24) is 10.2 Å². The lowest BCUT2D eigenvalue weighted by molar-refractivity contribution is -0.124. The van der Waals surface area contributed by atoms with Crippen LogP contribution in [-0.4, -0.2) is 42.5 Å². The molecule has 0 saturated carbocycles. The van der Waals surface area contributed by atoms with Crippen molar-refractivity contribution in [2.45, 2.75) is 33.2 Å². The van der Waals surface area contributed by atoms with Gasteiger partial charge in [-0.25, -0.2) is 4.79 Å². The maximum Gasteiger partial charge on any atom is 0.318 e. The number of hydrogen-bond donors (Lipinski definition) is 1. The summed E-state index contributed by atoms with van der Waals surface area (Å²) in [4.78, 5) is 28.0. The van der Waals surface area contributed by atoms with Gasteiger partial charge < -0.3 is 15.1 Å². The van der Waals surface area contributed by atoms with Gasteiger partial charge in [0.25, 0.3) is 0 Å². The fourth-order valence-electron chi connectivity index (χ4n) is 2.59. The van der Waals surface area contributed by atoms with Crippen LogP contribution < -0.4 is 10.2 Å². The smallest absolute Gasteiger partial charge is 0.318 e. The Bertz CT molecular complexity index is 530. The van der Waals surface area contributed by atoms with E-state index in [0.29, 0.717) is 19.6 Å². The minimum Gasteiger partial charge on any atom is -0.338 e. The molecule has 5 heteroatoms. The molecule has 1 fully saturated rings. The predicted octanol–water partition coefficient (Wildman–Crippen LogP) is 2.15. The molecule has 114 valence electrons. The molecular weight excluding hydrogens is 266 g/mol. The normalized spacial score (nSPS) is 18.8. The average molecular weight is 289 g/mol. The van der Waals surface area contributed by atoms with Gasteiger partial charge >= 0.3 is 6.03 Å². The van der Waals surface area contributed by atoms with E-state index in [1.54, 1.807) is 16.7 Å². The third-order valence-corrected chi connectivity index (χ3v) is 3.85. The topological polar surface area (TPSA) is 52.7 Å². The summed E-state index contributed by atoms with van der Waals surface area (Å²) in [5, 5.41) is 2.84. The molecule has 1 N–H and O–H groups in total. The van der Waals surface area contributed by atoms with E-state index in [4.69, 9.17) is 0 Å². The minimum atomic E-state index is -0.435. The molecule has 0 aliphatic carbocycles. The Morgan fingerprint density at radius 2 is 2.05 bits per heavy atom. The monoisotopic (exact) mass is 289 g/mol. The lowest BCUT2D eigenvalue weighted by atomic mass is 10.1. The lowest BCUT2D eigenvalue weighted by Gasteiger charge is -2.39. The number of nitrogens with one attached hydrogen (secondary N) is 1. The van der Waals surface area contributed by atoms with Gasteiger partial charge in [-0.15, -0.1) is 0 Å². The number of urea groups is 1. The summed E-state index contributed by atoms with van der Waals surface area (Å²) in [5.41, 5.74) is 2.00. The number of rotatable bonds is 3. The first-order valence-corrected chi connectivity index (χ1v) is 7.47. The highest BCUT2D eigenvalue weighted by Crippen LogP contribution is 2.23. The van der Waals surface area contributed by atoms with Crippen molar-refractivity contribution in [2.75, 3.05) is 24.5 Å². The second kappa shape index (κ2) is 6.61. The van der Waals surface area contributed by atoms with Crippen molar-refractivity contribution in [3.8, 4) is 0 Å². The van der Waals surface area contributed by atoms with Crippen LogP contribution in [0.4, 0.5) is 10.5 Å². The van der Waals surface area contributed by atoms with Gasteiger partial charge in [0.1, 0.15) is 6.04 Å². The van der Waals surface area contributed by atoms with Gasteiger partial charge in [0.15, 0.2) is 0 Å². The van der Waals surface area contributed by atoms with Crippen LogP contribution in [0.5, 0.6) is 0 Å². The third-order valence-electron chi connectivity index (χ3n) is 3.85. The van der Waals surface area contributed by atoms with Crippen LogP contribution in [0.3, 0.4) is 0 Å². The number of carbonyl (C=O) groups excluding carboxylic acids is 2. The molecule has 1 atom stereocenters. The van der Waals surface area contributed by atoms with Crippen molar-refractivity contribution in [3.05, 3.63) is 29.8 Å². The molecular formula is C16H23N3O2. The largest absolute Gasteiger partial charge is 0.338 e. The van der Waals surface area contributed by atoms with E-state index >= 15 is 0 Å². The number of para-hydroxylation sites is 1. The van der Waals surface area contributed by atoms with Crippen LogP contribution >= 0.6 is 0 Å². The number of aryl methyl sites for hydroxylation is 1. The van der Waals surface area contributed by atoms with E-state index in [-0.39, 0.29) is 11.9 Å². The molecule has 1 heterocycles. The molecule has 1 aliphatic heterocycles. The van der Waals surface area contributed by atoms with Crippen LogP contribution in [0, 0.1) is 6.92 Å². The molecule has 5 nitrogen and oxygen atoms in total. The van der Waals surface area contributed by atoms with E-state index in [0.717, 1.165) is 17.7 Å². The molecule has 0 bridgehead atoms. The van der Waals surface area contributed by atoms with Crippen LogP contribution in [0.15, 0.2) is 24.3 Å². The van der Waals surface area contributed by atoms with E-state index in [1.165, 1.54) is 0 Å². The highest BCUT2D eigenvalue weighted by molar-refractivity contribution is 6.00. The van der Waals surface area contributed by atoms with Gasteiger partial charge in [-0.05, 0) is 31.9 Å². The summed E-state index contributed by atoms with van der Waals surface area (Å²) in [6.07, 6.45) is 0.886. The molecule has 1 aliphatic rings. The molecule has 0 aromatic heterocycles. The number of amides is 3. The van der Waals surface area contributed by atoms with Crippen molar-refractivity contribution in [1.29, 1.82) is 0 Å². The number of carbonyl (C=O) groups is 2. The molecule has 2 rings (SSSR count). The van der Waals surface area contributed by atoms with Crippen LogP contribution in [0.25, 0.3) is 0 Å². The van der Waals surface area contributed by atoms with Gasteiger partial charge in [-0.3, -0.25) is 4.79 Å². The molecule has 1 aromatic rings. The van der Waals surface area contributed by atoms with Crippen LogP contribution in [0.2, 0.25) is 0 Å². The molecule has 0 spiro atoms. The SMILES string of the molecule is CCCNC(=O)N1CCN(c2ccccc2C)C(=O)C1C. The molecule has 1 saturated heterocycles. The first kappa shape index (κ1) is 15.4. The second-order valence-electron chi connectivity index (χ2n) is 5.38. The van der Waals surface area contributed by atoms with E-state index in [1.807, 2.05) is 38.1 Å². The highest BCUT2D eigenvalue weighted by Gasteiger charge is 2.35. The summed E-state index contributed by atoms with van der Waals surface area (Å²) in [7, 11) is 0. The van der Waals surface area contributed by atoms with Crippen molar-refractivity contribution in [2.24, 2.45) is 0 Å². The number of hydrogen-bond acceptors (Lipinski definition) is 2. The minimum absolute atomic E-state index is 0.0257. The fraction of sp³-hybridized carbons (Fsp3) is 0.500. The Balaban J connectivity index is 2.11. The Morgan fingerprint density at radius 3 is 2.71 bits per heavy atom.